The molecule has 0 aliphatic heterocycles. The smallest absolute Gasteiger partial charge is 0.188 e. The van der Waals surface area contributed by atoms with E-state index in [9.17, 15) is 5.11 Å². The average Bonchev–Trinajstić information content (AvgIpc) is 2.30. The van der Waals surface area contributed by atoms with Gasteiger partial charge in [-0.2, -0.15) is 11.8 Å². The van der Waals surface area contributed by atoms with Gasteiger partial charge in [-0.05, 0) is 12.1 Å². The quantitative estimate of drug-likeness (QED) is 0.435. The van der Waals surface area contributed by atoms with Crippen molar-refractivity contribution in [3.05, 3.63) is 24.0 Å². The van der Waals surface area contributed by atoms with E-state index in [1.165, 1.54) is 0 Å². The Morgan fingerprint density at radius 2 is 2.28 bits per heavy atom. The van der Waals surface area contributed by atoms with Gasteiger partial charge in [0.2, 0.25) is 0 Å². The third kappa shape index (κ3) is 7.47. The van der Waals surface area contributed by atoms with Gasteiger partial charge in [0.1, 0.15) is 5.75 Å². The first-order chi connectivity index (χ1) is 7.74. The van der Waals surface area contributed by atoms with Gasteiger partial charge < -0.3 is 16.2 Å². The number of rotatable bonds is 5. The molecular weight excluding hydrogens is 295 g/mol. The molecule has 0 unspecified atom stereocenters. The third-order valence-corrected chi connectivity index (χ3v) is 2.87. The van der Waals surface area contributed by atoms with Crippen molar-refractivity contribution in [1.29, 1.82) is 0 Å². The standard InChI is InChI=1S/C10H16N4OS.2ClH/c1-12-10(11)14-5-6-16-7-8-9(15)3-2-4-13-8;;/h2-4,15H,5-7H2,1H3,(H3,11,12,14);2*1H. The third-order valence-electron chi connectivity index (χ3n) is 1.90. The van der Waals surface area contributed by atoms with Crippen LogP contribution in [0.1, 0.15) is 5.69 Å². The van der Waals surface area contributed by atoms with Gasteiger partial charge in [0.15, 0.2) is 5.96 Å². The van der Waals surface area contributed by atoms with E-state index in [0.717, 1.165) is 12.3 Å². The fourth-order valence-corrected chi connectivity index (χ4v) is 1.85. The van der Waals surface area contributed by atoms with Crippen LogP contribution in [0.5, 0.6) is 5.75 Å². The fraction of sp³-hybridized carbons (Fsp3) is 0.400. The van der Waals surface area contributed by atoms with Crippen molar-refractivity contribution in [3.8, 4) is 5.75 Å². The van der Waals surface area contributed by atoms with E-state index in [1.54, 1.807) is 37.1 Å². The average molecular weight is 313 g/mol. The second kappa shape index (κ2) is 11.3. The number of aromatic nitrogens is 1. The Labute approximate surface area is 123 Å². The number of hydrogen-bond donors (Lipinski definition) is 3. The first-order valence-electron chi connectivity index (χ1n) is 4.90. The van der Waals surface area contributed by atoms with Crippen LogP contribution in [0, 0.1) is 0 Å². The van der Waals surface area contributed by atoms with Crippen LogP contribution in [-0.2, 0) is 5.75 Å². The predicted molar refractivity (Wildman–Crippen MR) is 82.1 cm³/mol. The maximum absolute atomic E-state index is 9.46. The highest BCUT2D eigenvalue weighted by atomic mass is 35.5. The molecule has 0 bridgehead atoms. The Balaban J connectivity index is 0. The molecule has 0 radical (unpaired) electrons. The van der Waals surface area contributed by atoms with E-state index >= 15 is 0 Å². The van der Waals surface area contributed by atoms with Crippen molar-refractivity contribution in [2.45, 2.75) is 5.75 Å². The highest BCUT2D eigenvalue weighted by Gasteiger charge is 2.00. The van der Waals surface area contributed by atoms with Gasteiger partial charge in [-0.15, -0.1) is 24.8 Å². The zero-order valence-electron chi connectivity index (χ0n) is 10.00. The topological polar surface area (TPSA) is 83.5 Å². The number of nitrogens with one attached hydrogen (secondary N) is 1. The monoisotopic (exact) mass is 312 g/mol. The first kappa shape index (κ1) is 19.5. The molecule has 0 aliphatic rings. The Hall–Kier alpha value is -0.850. The lowest BCUT2D eigenvalue weighted by Crippen LogP contribution is -2.32. The van der Waals surface area contributed by atoms with E-state index in [1.807, 2.05) is 0 Å². The van der Waals surface area contributed by atoms with E-state index in [0.29, 0.717) is 17.4 Å². The molecule has 8 heteroatoms. The molecule has 0 amide bonds. The van der Waals surface area contributed by atoms with Crippen molar-refractivity contribution in [2.75, 3.05) is 19.3 Å². The number of aromatic hydroxyl groups is 1. The van der Waals surface area contributed by atoms with E-state index in [4.69, 9.17) is 5.73 Å². The molecule has 1 heterocycles. The minimum absolute atomic E-state index is 0. The van der Waals surface area contributed by atoms with Gasteiger partial charge >= 0.3 is 0 Å². The molecule has 0 saturated carbocycles. The lowest BCUT2D eigenvalue weighted by molar-refractivity contribution is 0.467. The summed E-state index contributed by atoms with van der Waals surface area (Å²) >= 11 is 1.68. The number of hydrogen-bond acceptors (Lipinski definition) is 4. The molecule has 0 spiro atoms. The number of halogens is 2. The molecule has 18 heavy (non-hydrogen) atoms. The summed E-state index contributed by atoms with van der Waals surface area (Å²) in [5.41, 5.74) is 6.18. The number of pyridine rings is 1. The minimum Gasteiger partial charge on any atom is -0.506 e. The Kier molecular flexibility index (Phi) is 12.2. The van der Waals surface area contributed by atoms with Crippen molar-refractivity contribution in [3.63, 3.8) is 0 Å². The molecule has 0 atom stereocenters. The van der Waals surface area contributed by atoms with Gasteiger partial charge in [0.05, 0.1) is 5.69 Å². The second-order valence-electron chi connectivity index (χ2n) is 3.06. The van der Waals surface area contributed by atoms with Gasteiger partial charge in [-0.1, -0.05) is 0 Å². The zero-order valence-corrected chi connectivity index (χ0v) is 12.4. The van der Waals surface area contributed by atoms with Gasteiger partial charge in [-0.3, -0.25) is 9.98 Å². The van der Waals surface area contributed by atoms with Crippen molar-refractivity contribution >= 4 is 42.5 Å². The van der Waals surface area contributed by atoms with Crippen LogP contribution in [-0.4, -0.2) is 35.4 Å². The van der Waals surface area contributed by atoms with Crippen molar-refractivity contribution in [2.24, 2.45) is 10.7 Å². The van der Waals surface area contributed by atoms with E-state index in [2.05, 4.69) is 15.3 Å². The van der Waals surface area contributed by atoms with Crippen LogP contribution in [0.3, 0.4) is 0 Å². The van der Waals surface area contributed by atoms with Crippen molar-refractivity contribution in [1.82, 2.24) is 10.3 Å². The van der Waals surface area contributed by atoms with Gasteiger partial charge in [0.25, 0.3) is 0 Å². The summed E-state index contributed by atoms with van der Waals surface area (Å²) in [6.45, 7) is 0.751. The largest absolute Gasteiger partial charge is 0.506 e. The molecule has 104 valence electrons. The summed E-state index contributed by atoms with van der Waals surface area (Å²) in [6, 6.07) is 3.35. The Morgan fingerprint density at radius 3 is 2.89 bits per heavy atom. The van der Waals surface area contributed by atoms with Crippen LogP contribution in [0.4, 0.5) is 0 Å². The molecule has 4 N–H and O–H groups in total. The first-order valence-corrected chi connectivity index (χ1v) is 6.06. The molecule has 5 nitrogen and oxygen atoms in total. The summed E-state index contributed by atoms with van der Waals surface area (Å²) in [6.07, 6.45) is 1.68. The maximum atomic E-state index is 9.46. The Morgan fingerprint density at radius 1 is 1.56 bits per heavy atom. The molecule has 0 aromatic carbocycles. The minimum atomic E-state index is 0. The Bertz CT molecular complexity index is 365. The van der Waals surface area contributed by atoms with Crippen LogP contribution in [0.2, 0.25) is 0 Å². The SMILES string of the molecule is CN=C(N)NCCSCc1ncccc1O.Cl.Cl. The van der Waals surface area contributed by atoms with Crippen LogP contribution < -0.4 is 11.1 Å². The molecule has 0 fully saturated rings. The lowest BCUT2D eigenvalue weighted by atomic mass is 10.3. The number of aliphatic imine (C=N–C) groups is 1. The molecule has 0 saturated heterocycles. The van der Waals surface area contributed by atoms with Gasteiger partial charge in [-0.25, -0.2) is 0 Å². The summed E-state index contributed by atoms with van der Waals surface area (Å²) in [4.78, 5) is 7.87. The molecule has 0 aliphatic carbocycles. The van der Waals surface area contributed by atoms with E-state index < -0.39 is 0 Å². The fourth-order valence-electron chi connectivity index (χ4n) is 1.04. The number of nitrogens with zero attached hydrogens (tertiary/aromatic N) is 2. The normalized spacial score (nSPS) is 10.2. The highest BCUT2D eigenvalue weighted by molar-refractivity contribution is 7.98. The summed E-state index contributed by atoms with van der Waals surface area (Å²) in [7, 11) is 1.64. The van der Waals surface area contributed by atoms with E-state index in [-0.39, 0.29) is 30.6 Å². The molecule has 1 aromatic rings. The lowest BCUT2D eigenvalue weighted by Gasteiger charge is -2.05. The number of thioether (sulfide) groups is 1. The molecular formula is C10H18Cl2N4OS. The van der Waals surface area contributed by atoms with Crippen molar-refractivity contribution < 1.29 is 5.11 Å². The maximum Gasteiger partial charge on any atom is 0.188 e. The zero-order chi connectivity index (χ0) is 11.8. The van der Waals surface area contributed by atoms with Crippen LogP contribution >= 0.6 is 36.6 Å². The van der Waals surface area contributed by atoms with Crippen LogP contribution in [0.25, 0.3) is 0 Å². The summed E-state index contributed by atoms with van der Waals surface area (Å²) in [5, 5.41) is 12.4. The number of nitrogens with two attached hydrogens (primary N) is 1. The molecule has 1 rings (SSSR count). The summed E-state index contributed by atoms with van der Waals surface area (Å²) in [5.74, 6) is 2.27. The number of guanidine groups is 1. The van der Waals surface area contributed by atoms with Gasteiger partial charge in [0, 0.05) is 31.3 Å². The predicted octanol–water partition coefficient (Wildman–Crippen LogP) is 1.40. The van der Waals surface area contributed by atoms with Crippen LogP contribution in [0.15, 0.2) is 23.3 Å². The molecule has 1 aromatic heterocycles. The summed E-state index contributed by atoms with van der Waals surface area (Å²) < 4.78 is 0. The highest BCUT2D eigenvalue weighted by Crippen LogP contribution is 2.18. The second-order valence-corrected chi connectivity index (χ2v) is 4.16.